The fourth-order valence-electron chi connectivity index (χ4n) is 5.63. The van der Waals surface area contributed by atoms with Crippen molar-refractivity contribution in [2.24, 2.45) is 17.8 Å². The Morgan fingerprint density at radius 1 is 0.913 bits per heavy atom. The highest BCUT2D eigenvalue weighted by Crippen LogP contribution is 2.55. The van der Waals surface area contributed by atoms with Gasteiger partial charge in [0.05, 0.1) is 7.11 Å². The molecule has 0 aromatic heterocycles. The Hall–Kier alpha value is -1.06. The summed E-state index contributed by atoms with van der Waals surface area (Å²) in [4.78, 5) is 23.3. The molecule has 4 aliphatic carbocycles. The van der Waals surface area contributed by atoms with Gasteiger partial charge in [0.1, 0.15) is 0 Å². The van der Waals surface area contributed by atoms with Gasteiger partial charge in [-0.25, -0.2) is 0 Å². The molecule has 23 heavy (non-hydrogen) atoms. The average molecular weight is 321 g/mol. The summed E-state index contributed by atoms with van der Waals surface area (Å²) in [7, 11) is 1.43. The lowest BCUT2D eigenvalue weighted by Crippen LogP contribution is -2.59. The highest BCUT2D eigenvalue weighted by atomic mass is 16.5. The van der Waals surface area contributed by atoms with E-state index in [0.717, 1.165) is 43.4 Å². The number of hydrogen-bond donors (Lipinski definition) is 1. The molecule has 4 nitrogen and oxygen atoms in total. The molecule has 0 spiro atoms. The zero-order chi connectivity index (χ0) is 16.3. The number of hydrogen-bond acceptors (Lipinski definition) is 3. The summed E-state index contributed by atoms with van der Waals surface area (Å²) in [6.07, 6.45) is 12.9. The van der Waals surface area contributed by atoms with Crippen molar-refractivity contribution >= 4 is 11.9 Å². The first kappa shape index (κ1) is 16.8. The van der Waals surface area contributed by atoms with Crippen molar-refractivity contribution in [2.45, 2.75) is 82.6 Å². The second-order valence-corrected chi connectivity index (χ2v) is 8.24. The molecule has 1 amide bonds. The highest BCUT2D eigenvalue weighted by Gasteiger charge is 2.51. The van der Waals surface area contributed by atoms with Gasteiger partial charge < -0.3 is 10.1 Å². The topological polar surface area (TPSA) is 55.4 Å². The molecule has 0 aromatic rings. The van der Waals surface area contributed by atoms with Crippen molar-refractivity contribution in [3.8, 4) is 0 Å². The SMILES string of the molecule is COC(=O)CCCCCCC(=O)NC12CC3CC(CC(C3)C1)C2. The van der Waals surface area contributed by atoms with Gasteiger partial charge >= 0.3 is 5.97 Å². The van der Waals surface area contributed by atoms with Crippen LogP contribution in [0, 0.1) is 17.8 Å². The lowest BCUT2D eigenvalue weighted by molar-refractivity contribution is -0.140. The fourth-order valence-corrected chi connectivity index (χ4v) is 5.63. The molecule has 4 rings (SSSR count). The first-order chi connectivity index (χ1) is 11.1. The summed E-state index contributed by atoms with van der Waals surface area (Å²) in [6, 6.07) is 0. The minimum absolute atomic E-state index is 0.135. The number of methoxy groups -OCH3 is 1. The van der Waals surface area contributed by atoms with Crippen LogP contribution in [0.25, 0.3) is 0 Å². The van der Waals surface area contributed by atoms with Crippen LogP contribution in [0.3, 0.4) is 0 Å². The van der Waals surface area contributed by atoms with E-state index in [2.05, 4.69) is 10.1 Å². The number of rotatable bonds is 8. The number of unbranched alkanes of at least 4 members (excludes halogenated alkanes) is 3. The second-order valence-electron chi connectivity index (χ2n) is 8.24. The normalized spacial score (nSPS) is 34.4. The van der Waals surface area contributed by atoms with Crippen LogP contribution in [0.2, 0.25) is 0 Å². The molecule has 0 radical (unpaired) electrons. The molecule has 4 saturated carbocycles. The molecule has 1 N–H and O–H groups in total. The van der Waals surface area contributed by atoms with E-state index in [0.29, 0.717) is 12.8 Å². The maximum Gasteiger partial charge on any atom is 0.305 e. The molecule has 130 valence electrons. The van der Waals surface area contributed by atoms with Gasteiger partial charge in [0.15, 0.2) is 0 Å². The van der Waals surface area contributed by atoms with E-state index >= 15 is 0 Å². The largest absolute Gasteiger partial charge is 0.469 e. The van der Waals surface area contributed by atoms with Crippen molar-refractivity contribution in [3.05, 3.63) is 0 Å². The second kappa shape index (κ2) is 7.23. The summed E-state index contributed by atoms with van der Waals surface area (Å²) < 4.78 is 4.63. The third-order valence-electron chi connectivity index (χ3n) is 6.21. The van der Waals surface area contributed by atoms with E-state index in [1.54, 1.807) is 0 Å². The molecule has 0 saturated heterocycles. The third kappa shape index (κ3) is 4.27. The molecule has 0 unspecified atom stereocenters. The molecule has 0 aromatic carbocycles. The van der Waals surface area contributed by atoms with E-state index in [-0.39, 0.29) is 17.4 Å². The molecule has 0 aliphatic heterocycles. The molecular weight excluding hydrogens is 290 g/mol. The summed E-state index contributed by atoms with van der Waals surface area (Å²) >= 11 is 0. The number of esters is 1. The molecule has 0 atom stereocenters. The summed E-state index contributed by atoms with van der Waals surface area (Å²) in [6.45, 7) is 0. The average Bonchev–Trinajstić information content (AvgIpc) is 2.48. The minimum Gasteiger partial charge on any atom is -0.469 e. The Kier molecular flexibility index (Phi) is 5.27. The number of amides is 1. The van der Waals surface area contributed by atoms with Crippen molar-refractivity contribution in [2.75, 3.05) is 7.11 Å². The van der Waals surface area contributed by atoms with Crippen LogP contribution in [-0.4, -0.2) is 24.5 Å². The Labute approximate surface area is 139 Å². The standard InChI is InChI=1S/C19H31NO3/c1-23-18(22)7-5-3-2-4-6-17(21)20-19-11-14-8-15(12-19)10-16(9-14)13-19/h14-16H,2-13H2,1H3,(H,20,21). The Morgan fingerprint density at radius 2 is 1.43 bits per heavy atom. The van der Waals surface area contributed by atoms with Crippen molar-refractivity contribution in [1.29, 1.82) is 0 Å². The number of nitrogens with one attached hydrogen (secondary N) is 1. The maximum atomic E-state index is 12.3. The highest BCUT2D eigenvalue weighted by molar-refractivity contribution is 5.76. The Morgan fingerprint density at radius 3 is 1.96 bits per heavy atom. The molecule has 4 aliphatic rings. The van der Waals surface area contributed by atoms with Gasteiger partial charge in [-0.1, -0.05) is 12.8 Å². The van der Waals surface area contributed by atoms with Gasteiger partial charge in [-0.15, -0.1) is 0 Å². The molecule has 4 fully saturated rings. The van der Waals surface area contributed by atoms with Crippen LogP contribution in [0.5, 0.6) is 0 Å². The lowest BCUT2D eigenvalue weighted by atomic mass is 9.53. The number of carbonyl (C=O) groups excluding carboxylic acids is 2. The van der Waals surface area contributed by atoms with Gasteiger partial charge in [0.25, 0.3) is 0 Å². The first-order valence-electron chi connectivity index (χ1n) is 9.46. The Bertz CT molecular complexity index is 411. The monoisotopic (exact) mass is 321 g/mol. The summed E-state index contributed by atoms with van der Waals surface area (Å²) in [5.74, 6) is 2.74. The van der Waals surface area contributed by atoms with Gasteiger partial charge in [-0.05, 0) is 69.1 Å². The van der Waals surface area contributed by atoms with Crippen molar-refractivity contribution < 1.29 is 14.3 Å². The van der Waals surface area contributed by atoms with E-state index < -0.39 is 0 Å². The smallest absolute Gasteiger partial charge is 0.305 e. The van der Waals surface area contributed by atoms with Crippen molar-refractivity contribution in [1.82, 2.24) is 5.32 Å². The first-order valence-corrected chi connectivity index (χ1v) is 9.46. The predicted molar refractivity (Wildman–Crippen MR) is 88.8 cm³/mol. The van der Waals surface area contributed by atoms with Gasteiger partial charge in [-0.2, -0.15) is 0 Å². The zero-order valence-electron chi connectivity index (χ0n) is 14.4. The zero-order valence-corrected chi connectivity index (χ0v) is 14.4. The van der Waals surface area contributed by atoms with Crippen LogP contribution >= 0.6 is 0 Å². The lowest BCUT2D eigenvalue weighted by Gasteiger charge is -2.56. The van der Waals surface area contributed by atoms with Crippen LogP contribution in [0.15, 0.2) is 0 Å². The van der Waals surface area contributed by atoms with Crippen LogP contribution in [0.4, 0.5) is 0 Å². The maximum absolute atomic E-state index is 12.3. The van der Waals surface area contributed by atoms with E-state index in [4.69, 9.17) is 0 Å². The minimum atomic E-state index is -0.135. The van der Waals surface area contributed by atoms with E-state index in [1.165, 1.54) is 45.6 Å². The summed E-state index contributed by atoms with van der Waals surface area (Å²) in [5.41, 5.74) is 0.150. The predicted octanol–water partition coefficient (Wildman–Crippen LogP) is 3.59. The quantitative estimate of drug-likeness (QED) is 0.549. The molecular formula is C19H31NO3. The third-order valence-corrected chi connectivity index (χ3v) is 6.21. The molecule has 4 heteroatoms. The van der Waals surface area contributed by atoms with Gasteiger partial charge in [0, 0.05) is 18.4 Å². The molecule has 4 bridgehead atoms. The molecule has 0 heterocycles. The fraction of sp³-hybridized carbons (Fsp3) is 0.895. The summed E-state index contributed by atoms with van der Waals surface area (Å²) in [5, 5.41) is 3.43. The number of ether oxygens (including phenoxy) is 1. The number of carbonyl (C=O) groups is 2. The van der Waals surface area contributed by atoms with Crippen LogP contribution in [0.1, 0.15) is 77.0 Å². The van der Waals surface area contributed by atoms with Crippen LogP contribution < -0.4 is 5.32 Å². The van der Waals surface area contributed by atoms with Crippen LogP contribution in [-0.2, 0) is 14.3 Å². The van der Waals surface area contributed by atoms with E-state index in [9.17, 15) is 9.59 Å². The Balaban J connectivity index is 1.33. The van der Waals surface area contributed by atoms with Gasteiger partial charge in [0.2, 0.25) is 5.91 Å². The van der Waals surface area contributed by atoms with Gasteiger partial charge in [-0.3, -0.25) is 9.59 Å². The van der Waals surface area contributed by atoms with Crippen molar-refractivity contribution in [3.63, 3.8) is 0 Å². The van der Waals surface area contributed by atoms with E-state index in [1.807, 2.05) is 0 Å².